The zero-order chi connectivity index (χ0) is 14.8. The number of aromatic nitrogens is 2. The van der Waals surface area contributed by atoms with Gasteiger partial charge in [0.2, 0.25) is 0 Å². The summed E-state index contributed by atoms with van der Waals surface area (Å²) in [6.07, 6.45) is -4.62. The molecule has 0 aliphatic carbocycles. The van der Waals surface area contributed by atoms with Gasteiger partial charge in [-0.05, 0) is 18.1 Å². The van der Waals surface area contributed by atoms with Gasteiger partial charge in [-0.15, -0.1) is 0 Å². The first-order valence-electron chi connectivity index (χ1n) is 5.72. The van der Waals surface area contributed by atoms with Gasteiger partial charge in [-0.3, -0.25) is 4.79 Å². The molecule has 0 aliphatic rings. The average molecular weight is 300 g/mol. The predicted octanol–water partition coefficient (Wildman–Crippen LogP) is 3.39. The highest BCUT2D eigenvalue weighted by molar-refractivity contribution is 7.98. The van der Waals surface area contributed by atoms with Gasteiger partial charge in [0.05, 0.1) is 0 Å². The molecule has 0 saturated heterocycles. The largest absolute Gasteiger partial charge is 0.433 e. The Bertz CT molecular complexity index is 667. The molecule has 20 heavy (non-hydrogen) atoms. The molecular formula is C13H11F3N2OS. The zero-order valence-electron chi connectivity index (χ0n) is 10.5. The van der Waals surface area contributed by atoms with Crippen LogP contribution in [0.4, 0.5) is 13.2 Å². The lowest BCUT2D eigenvalue weighted by molar-refractivity contribution is -0.141. The molecular weight excluding hydrogens is 289 g/mol. The van der Waals surface area contributed by atoms with Gasteiger partial charge < -0.3 is 4.98 Å². The first-order valence-corrected chi connectivity index (χ1v) is 6.70. The molecule has 2 rings (SSSR count). The van der Waals surface area contributed by atoms with Crippen LogP contribution in [0.5, 0.6) is 0 Å². The first-order chi connectivity index (χ1) is 9.36. The van der Waals surface area contributed by atoms with Crippen LogP contribution in [0.1, 0.15) is 16.8 Å². The fourth-order valence-corrected chi connectivity index (χ4v) is 2.52. The van der Waals surface area contributed by atoms with Gasteiger partial charge in [-0.25, -0.2) is 4.98 Å². The second-order valence-corrected chi connectivity index (χ2v) is 5.11. The highest BCUT2D eigenvalue weighted by atomic mass is 32.2. The standard InChI is InChI=1S/C13H11F3N2OS/c1-8-4-2-3-5-9(8)7-20-12-17-10(13(14,15)16)6-11(19)18-12/h2-6H,7H2,1H3,(H,17,18,19). The van der Waals surface area contributed by atoms with Gasteiger partial charge >= 0.3 is 6.18 Å². The molecule has 0 atom stereocenters. The van der Waals surface area contributed by atoms with Crippen LogP contribution in [-0.2, 0) is 11.9 Å². The van der Waals surface area contributed by atoms with E-state index in [1.807, 2.05) is 31.2 Å². The summed E-state index contributed by atoms with van der Waals surface area (Å²) >= 11 is 1.07. The quantitative estimate of drug-likeness (QED) is 0.698. The molecule has 1 heterocycles. The molecule has 106 valence electrons. The van der Waals surface area contributed by atoms with Crippen molar-refractivity contribution in [3.05, 3.63) is 57.5 Å². The normalized spacial score (nSPS) is 11.6. The molecule has 2 aromatic rings. The van der Waals surface area contributed by atoms with Gasteiger partial charge in [-0.2, -0.15) is 13.2 Å². The van der Waals surface area contributed by atoms with Gasteiger partial charge in [-0.1, -0.05) is 36.0 Å². The zero-order valence-corrected chi connectivity index (χ0v) is 11.3. The van der Waals surface area contributed by atoms with E-state index < -0.39 is 17.4 Å². The second-order valence-electron chi connectivity index (χ2n) is 4.15. The molecule has 7 heteroatoms. The Morgan fingerprint density at radius 3 is 2.65 bits per heavy atom. The maximum atomic E-state index is 12.6. The summed E-state index contributed by atoms with van der Waals surface area (Å²) in [6.45, 7) is 1.91. The third-order valence-electron chi connectivity index (χ3n) is 2.64. The topological polar surface area (TPSA) is 45.8 Å². The molecule has 0 saturated carbocycles. The van der Waals surface area contributed by atoms with Gasteiger partial charge in [0.1, 0.15) is 0 Å². The number of nitrogens with zero attached hydrogens (tertiary/aromatic N) is 1. The Morgan fingerprint density at radius 1 is 1.30 bits per heavy atom. The van der Waals surface area contributed by atoms with Crippen LogP contribution in [0, 0.1) is 6.92 Å². The number of halogens is 3. The summed E-state index contributed by atoms with van der Waals surface area (Å²) in [5, 5.41) is -0.0342. The number of thioether (sulfide) groups is 1. The van der Waals surface area contributed by atoms with Crippen LogP contribution in [0.3, 0.4) is 0 Å². The monoisotopic (exact) mass is 300 g/mol. The van der Waals surface area contributed by atoms with E-state index in [4.69, 9.17) is 0 Å². The summed E-state index contributed by atoms with van der Waals surface area (Å²) in [6, 6.07) is 7.99. The van der Waals surface area contributed by atoms with E-state index in [0.29, 0.717) is 11.8 Å². The Kier molecular flexibility index (Phi) is 4.17. The molecule has 0 fully saturated rings. The Morgan fingerprint density at radius 2 is 2.00 bits per heavy atom. The van der Waals surface area contributed by atoms with Crippen molar-refractivity contribution in [3.8, 4) is 0 Å². The van der Waals surface area contributed by atoms with Crippen molar-refractivity contribution in [1.29, 1.82) is 0 Å². The number of alkyl halides is 3. The molecule has 0 aliphatic heterocycles. The average Bonchev–Trinajstić information content (AvgIpc) is 2.36. The van der Waals surface area contributed by atoms with Crippen molar-refractivity contribution < 1.29 is 13.2 Å². The first kappa shape index (κ1) is 14.6. The fourth-order valence-electron chi connectivity index (χ4n) is 1.57. The SMILES string of the molecule is Cc1ccccc1CSc1nc(C(F)(F)F)cc(=O)[nH]1. The van der Waals surface area contributed by atoms with Crippen molar-refractivity contribution in [2.45, 2.75) is 24.0 Å². The molecule has 1 aromatic carbocycles. The van der Waals surface area contributed by atoms with Crippen molar-refractivity contribution in [1.82, 2.24) is 9.97 Å². The Hall–Kier alpha value is -1.76. The highest BCUT2D eigenvalue weighted by Gasteiger charge is 2.33. The minimum atomic E-state index is -4.62. The lowest BCUT2D eigenvalue weighted by Crippen LogP contribution is -2.16. The van der Waals surface area contributed by atoms with Crippen molar-refractivity contribution in [2.24, 2.45) is 0 Å². The molecule has 0 spiro atoms. The molecule has 0 unspecified atom stereocenters. The number of hydrogen-bond donors (Lipinski definition) is 1. The minimum Gasteiger partial charge on any atom is -0.301 e. The van der Waals surface area contributed by atoms with Gasteiger partial charge in [0.25, 0.3) is 5.56 Å². The maximum absolute atomic E-state index is 12.6. The predicted molar refractivity (Wildman–Crippen MR) is 70.6 cm³/mol. The second kappa shape index (κ2) is 5.70. The summed E-state index contributed by atoms with van der Waals surface area (Å²) < 4.78 is 37.7. The van der Waals surface area contributed by atoms with Crippen molar-refractivity contribution in [3.63, 3.8) is 0 Å². The van der Waals surface area contributed by atoms with Crippen LogP contribution in [0.2, 0.25) is 0 Å². The van der Waals surface area contributed by atoms with Crippen LogP contribution in [0.15, 0.2) is 40.3 Å². The molecule has 0 bridgehead atoms. The summed E-state index contributed by atoms with van der Waals surface area (Å²) in [5.74, 6) is 0.441. The van der Waals surface area contributed by atoms with Crippen molar-refractivity contribution >= 4 is 11.8 Å². The lowest BCUT2D eigenvalue weighted by Gasteiger charge is -2.08. The van der Waals surface area contributed by atoms with Crippen LogP contribution in [-0.4, -0.2) is 9.97 Å². The summed E-state index contributed by atoms with van der Waals surface area (Å²) in [7, 11) is 0. The molecule has 1 aromatic heterocycles. The lowest BCUT2D eigenvalue weighted by atomic mass is 10.1. The number of aryl methyl sites for hydroxylation is 1. The molecule has 3 nitrogen and oxygen atoms in total. The smallest absolute Gasteiger partial charge is 0.301 e. The van der Waals surface area contributed by atoms with E-state index in [2.05, 4.69) is 9.97 Å². The van der Waals surface area contributed by atoms with Crippen LogP contribution >= 0.6 is 11.8 Å². The Balaban J connectivity index is 2.20. The van der Waals surface area contributed by atoms with E-state index in [-0.39, 0.29) is 5.16 Å². The maximum Gasteiger partial charge on any atom is 0.433 e. The van der Waals surface area contributed by atoms with Crippen molar-refractivity contribution in [2.75, 3.05) is 0 Å². The highest BCUT2D eigenvalue weighted by Crippen LogP contribution is 2.28. The Labute approximate surface area is 117 Å². The number of rotatable bonds is 3. The summed E-state index contributed by atoms with van der Waals surface area (Å²) in [5.41, 5.74) is 0.0417. The van der Waals surface area contributed by atoms with Gasteiger partial charge in [0.15, 0.2) is 10.9 Å². The van der Waals surface area contributed by atoms with E-state index >= 15 is 0 Å². The molecule has 0 amide bonds. The molecule has 1 N–H and O–H groups in total. The summed E-state index contributed by atoms with van der Waals surface area (Å²) in [4.78, 5) is 17.0. The van der Waals surface area contributed by atoms with Gasteiger partial charge in [0, 0.05) is 11.8 Å². The van der Waals surface area contributed by atoms with Crippen LogP contribution < -0.4 is 5.56 Å². The molecule has 0 radical (unpaired) electrons. The number of benzene rings is 1. The van der Waals surface area contributed by atoms with Crippen LogP contribution in [0.25, 0.3) is 0 Å². The van der Waals surface area contributed by atoms with E-state index in [1.165, 1.54) is 0 Å². The third-order valence-corrected chi connectivity index (χ3v) is 3.56. The van der Waals surface area contributed by atoms with E-state index in [9.17, 15) is 18.0 Å². The third kappa shape index (κ3) is 3.63. The fraction of sp³-hybridized carbons (Fsp3) is 0.231. The number of nitrogens with one attached hydrogen (secondary N) is 1. The number of hydrogen-bond acceptors (Lipinski definition) is 3. The number of H-pyrrole nitrogens is 1. The van der Waals surface area contributed by atoms with E-state index in [0.717, 1.165) is 22.9 Å². The number of aromatic amines is 1. The van der Waals surface area contributed by atoms with E-state index in [1.54, 1.807) is 0 Å². The minimum absolute atomic E-state index is 0.0342.